The minimum atomic E-state index is -0.232. The molecular weight excluding hydrogens is 355 g/mol. The van der Waals surface area contributed by atoms with Crippen LogP contribution in [0.3, 0.4) is 0 Å². The Morgan fingerprint density at radius 3 is 2.54 bits per heavy atom. The topological polar surface area (TPSA) is 60.9 Å². The highest BCUT2D eigenvalue weighted by atomic mass is 19.1. The molecule has 0 spiro atoms. The van der Waals surface area contributed by atoms with Gasteiger partial charge in [0.1, 0.15) is 5.82 Å². The standard InChI is InChI=1S/C21H25FN6/c1-15(2)19-7-8-23-21(25-19)28-11-9-27(10-12-28)14-17-13-24-26-20(17)16-3-5-18(22)6-4-16/h3-8,13,15H,9-12,14H2,1-2H3,(H,24,26). The quantitative estimate of drug-likeness (QED) is 0.735. The Balaban J connectivity index is 1.40. The van der Waals surface area contributed by atoms with Gasteiger partial charge >= 0.3 is 0 Å². The number of piperazine rings is 1. The van der Waals surface area contributed by atoms with Crippen molar-refractivity contribution < 1.29 is 4.39 Å². The molecule has 0 aliphatic carbocycles. The zero-order chi connectivity index (χ0) is 19.5. The first-order chi connectivity index (χ1) is 13.6. The number of benzene rings is 1. The number of halogens is 1. The van der Waals surface area contributed by atoms with E-state index < -0.39 is 0 Å². The summed E-state index contributed by atoms with van der Waals surface area (Å²) in [5.41, 5.74) is 4.11. The smallest absolute Gasteiger partial charge is 0.225 e. The minimum Gasteiger partial charge on any atom is -0.338 e. The van der Waals surface area contributed by atoms with Crippen LogP contribution in [-0.4, -0.2) is 51.2 Å². The van der Waals surface area contributed by atoms with Crippen LogP contribution in [0.2, 0.25) is 0 Å². The second-order valence-corrected chi connectivity index (χ2v) is 7.48. The Morgan fingerprint density at radius 1 is 1.07 bits per heavy atom. The third kappa shape index (κ3) is 4.04. The van der Waals surface area contributed by atoms with Crippen LogP contribution < -0.4 is 4.90 Å². The summed E-state index contributed by atoms with van der Waals surface area (Å²) in [5.74, 6) is 0.986. The maximum atomic E-state index is 13.2. The van der Waals surface area contributed by atoms with E-state index in [0.717, 1.165) is 61.2 Å². The van der Waals surface area contributed by atoms with Gasteiger partial charge in [0, 0.05) is 55.7 Å². The zero-order valence-corrected chi connectivity index (χ0v) is 16.3. The summed E-state index contributed by atoms with van der Waals surface area (Å²) in [6.45, 7) is 8.76. The molecule has 1 saturated heterocycles. The fraction of sp³-hybridized carbons (Fsp3) is 0.381. The number of hydrogen-bond acceptors (Lipinski definition) is 5. The number of hydrogen-bond donors (Lipinski definition) is 1. The van der Waals surface area contributed by atoms with Gasteiger partial charge in [0.15, 0.2) is 0 Å². The predicted molar refractivity (Wildman–Crippen MR) is 108 cm³/mol. The third-order valence-electron chi connectivity index (χ3n) is 5.16. The Morgan fingerprint density at radius 2 is 1.82 bits per heavy atom. The highest BCUT2D eigenvalue weighted by Gasteiger charge is 2.21. The highest BCUT2D eigenvalue weighted by Crippen LogP contribution is 2.23. The molecular formula is C21H25FN6. The lowest BCUT2D eigenvalue weighted by Gasteiger charge is -2.34. The highest BCUT2D eigenvalue weighted by molar-refractivity contribution is 5.62. The van der Waals surface area contributed by atoms with E-state index >= 15 is 0 Å². The van der Waals surface area contributed by atoms with Crippen LogP contribution in [0.1, 0.15) is 31.0 Å². The van der Waals surface area contributed by atoms with Gasteiger partial charge in [0.05, 0.1) is 11.9 Å². The number of aromatic nitrogens is 4. The van der Waals surface area contributed by atoms with Crippen LogP contribution in [0.4, 0.5) is 10.3 Å². The van der Waals surface area contributed by atoms with E-state index in [1.807, 2.05) is 18.5 Å². The van der Waals surface area contributed by atoms with Gasteiger partial charge in [-0.05, 0) is 36.2 Å². The van der Waals surface area contributed by atoms with Crippen LogP contribution in [0.25, 0.3) is 11.3 Å². The lowest BCUT2D eigenvalue weighted by molar-refractivity contribution is 0.249. The van der Waals surface area contributed by atoms with Gasteiger partial charge < -0.3 is 4.90 Å². The number of aromatic amines is 1. The van der Waals surface area contributed by atoms with Crippen molar-refractivity contribution >= 4 is 5.95 Å². The predicted octanol–water partition coefficient (Wildman–Crippen LogP) is 3.45. The van der Waals surface area contributed by atoms with Crippen LogP contribution in [0.5, 0.6) is 0 Å². The molecule has 1 N–H and O–H groups in total. The Kier molecular flexibility index (Phi) is 5.34. The van der Waals surface area contributed by atoms with Crippen molar-refractivity contribution in [1.29, 1.82) is 0 Å². The molecule has 0 amide bonds. The SMILES string of the molecule is CC(C)c1ccnc(N2CCN(Cc3cn[nH]c3-c3ccc(F)cc3)CC2)n1. The van der Waals surface area contributed by atoms with Gasteiger partial charge in [-0.25, -0.2) is 14.4 Å². The average molecular weight is 380 g/mol. The van der Waals surface area contributed by atoms with E-state index in [0.29, 0.717) is 5.92 Å². The largest absolute Gasteiger partial charge is 0.338 e. The van der Waals surface area contributed by atoms with E-state index in [1.165, 1.54) is 12.1 Å². The first-order valence-corrected chi connectivity index (χ1v) is 9.68. The van der Waals surface area contributed by atoms with E-state index in [2.05, 4.69) is 38.8 Å². The number of H-pyrrole nitrogens is 1. The van der Waals surface area contributed by atoms with Crippen molar-refractivity contribution in [1.82, 2.24) is 25.1 Å². The summed E-state index contributed by atoms with van der Waals surface area (Å²) in [7, 11) is 0. The van der Waals surface area contributed by atoms with E-state index in [-0.39, 0.29) is 5.82 Å². The molecule has 146 valence electrons. The van der Waals surface area contributed by atoms with Gasteiger partial charge in [-0.1, -0.05) is 13.8 Å². The van der Waals surface area contributed by atoms with Crippen molar-refractivity contribution in [2.45, 2.75) is 26.3 Å². The second-order valence-electron chi connectivity index (χ2n) is 7.48. The first kappa shape index (κ1) is 18.6. The Bertz CT molecular complexity index is 913. The van der Waals surface area contributed by atoms with Gasteiger partial charge in [0.2, 0.25) is 5.95 Å². The lowest BCUT2D eigenvalue weighted by Crippen LogP contribution is -2.46. The van der Waals surface area contributed by atoms with Crippen molar-refractivity contribution in [2.24, 2.45) is 0 Å². The number of nitrogens with zero attached hydrogens (tertiary/aromatic N) is 5. The molecule has 1 aliphatic heterocycles. The molecule has 0 atom stereocenters. The van der Waals surface area contributed by atoms with E-state index in [1.54, 1.807) is 12.1 Å². The average Bonchev–Trinajstić information content (AvgIpc) is 3.17. The maximum absolute atomic E-state index is 13.2. The number of nitrogens with one attached hydrogen (secondary N) is 1. The molecule has 6 nitrogen and oxygen atoms in total. The summed E-state index contributed by atoms with van der Waals surface area (Å²) in [6, 6.07) is 8.50. The van der Waals surface area contributed by atoms with Crippen molar-refractivity contribution in [2.75, 3.05) is 31.1 Å². The number of rotatable bonds is 5. The van der Waals surface area contributed by atoms with Crippen LogP contribution >= 0.6 is 0 Å². The molecule has 2 aromatic heterocycles. The maximum Gasteiger partial charge on any atom is 0.225 e. The zero-order valence-electron chi connectivity index (χ0n) is 16.3. The molecule has 1 fully saturated rings. The molecule has 0 bridgehead atoms. The summed E-state index contributed by atoms with van der Waals surface area (Å²) in [6.07, 6.45) is 3.71. The van der Waals surface area contributed by atoms with Crippen molar-refractivity contribution in [3.8, 4) is 11.3 Å². The molecule has 4 rings (SSSR count). The van der Waals surface area contributed by atoms with E-state index in [9.17, 15) is 4.39 Å². The molecule has 0 unspecified atom stereocenters. The number of anilines is 1. The van der Waals surface area contributed by atoms with Gasteiger partial charge in [-0.15, -0.1) is 0 Å². The Labute approximate surface area is 164 Å². The normalized spacial score (nSPS) is 15.4. The van der Waals surface area contributed by atoms with Crippen LogP contribution in [0, 0.1) is 5.82 Å². The summed E-state index contributed by atoms with van der Waals surface area (Å²) < 4.78 is 13.2. The van der Waals surface area contributed by atoms with Crippen LogP contribution in [-0.2, 0) is 6.54 Å². The molecule has 3 heterocycles. The first-order valence-electron chi connectivity index (χ1n) is 9.68. The van der Waals surface area contributed by atoms with E-state index in [4.69, 9.17) is 4.98 Å². The monoisotopic (exact) mass is 380 g/mol. The summed E-state index contributed by atoms with van der Waals surface area (Å²) in [5, 5.41) is 7.25. The Hall–Kier alpha value is -2.80. The van der Waals surface area contributed by atoms with Crippen molar-refractivity contribution in [3.63, 3.8) is 0 Å². The fourth-order valence-corrected chi connectivity index (χ4v) is 3.48. The molecule has 1 aromatic carbocycles. The third-order valence-corrected chi connectivity index (χ3v) is 5.16. The lowest BCUT2D eigenvalue weighted by atomic mass is 10.1. The van der Waals surface area contributed by atoms with Crippen LogP contribution in [0.15, 0.2) is 42.7 Å². The molecule has 7 heteroatoms. The summed E-state index contributed by atoms with van der Waals surface area (Å²) >= 11 is 0. The van der Waals surface area contributed by atoms with Gasteiger partial charge in [-0.2, -0.15) is 5.10 Å². The molecule has 1 aliphatic rings. The molecule has 28 heavy (non-hydrogen) atoms. The summed E-state index contributed by atoms with van der Waals surface area (Å²) in [4.78, 5) is 13.8. The minimum absolute atomic E-state index is 0.232. The molecule has 0 saturated carbocycles. The second kappa shape index (κ2) is 8.06. The fourth-order valence-electron chi connectivity index (χ4n) is 3.48. The van der Waals surface area contributed by atoms with Crippen molar-refractivity contribution in [3.05, 3.63) is 59.8 Å². The van der Waals surface area contributed by atoms with Gasteiger partial charge in [0.25, 0.3) is 0 Å². The van der Waals surface area contributed by atoms with Gasteiger partial charge in [-0.3, -0.25) is 10.00 Å². The molecule has 0 radical (unpaired) electrons. The molecule has 3 aromatic rings.